The number of pyridine rings is 1. The summed E-state index contributed by atoms with van der Waals surface area (Å²) in [7, 11) is 2.16. The number of hydrogen-bond acceptors (Lipinski definition) is 6. The average Bonchev–Trinajstić information content (AvgIpc) is 3.59. The fourth-order valence-corrected chi connectivity index (χ4v) is 6.86. The van der Waals surface area contributed by atoms with Crippen molar-refractivity contribution >= 4 is 23.7 Å². The third kappa shape index (κ3) is 3.04. The van der Waals surface area contributed by atoms with Crippen LogP contribution in [0, 0.1) is 12.3 Å². The van der Waals surface area contributed by atoms with Crippen molar-refractivity contribution in [2.75, 3.05) is 36.5 Å². The average molecular weight is 478 g/mol. The molecular formula is C29H31N7. The van der Waals surface area contributed by atoms with Gasteiger partial charge in [-0.15, -0.1) is 0 Å². The number of fused-ring (bicyclic) bond motifs is 3. The zero-order chi connectivity index (χ0) is 24.4. The van der Waals surface area contributed by atoms with E-state index < -0.39 is 0 Å². The van der Waals surface area contributed by atoms with E-state index in [9.17, 15) is 0 Å². The Morgan fingerprint density at radius 2 is 1.94 bits per heavy atom. The van der Waals surface area contributed by atoms with Crippen LogP contribution in [0.4, 0.5) is 11.5 Å². The lowest BCUT2D eigenvalue weighted by molar-refractivity contribution is 0.188. The molecule has 182 valence electrons. The van der Waals surface area contributed by atoms with Crippen molar-refractivity contribution in [2.24, 2.45) is 10.4 Å². The number of piperidine rings is 1. The fraction of sp³-hybridized carbons (Fsp3) is 0.379. The lowest BCUT2D eigenvalue weighted by Crippen LogP contribution is -2.42. The van der Waals surface area contributed by atoms with Gasteiger partial charge in [-0.25, -0.2) is 9.50 Å². The third-order valence-corrected chi connectivity index (χ3v) is 8.74. The molecular weight excluding hydrogens is 446 g/mol. The number of nitrogens with zero attached hydrogens (tertiary/aromatic N) is 7. The van der Waals surface area contributed by atoms with Gasteiger partial charge in [-0.3, -0.25) is 9.98 Å². The van der Waals surface area contributed by atoms with Gasteiger partial charge in [-0.05, 0) is 74.7 Å². The van der Waals surface area contributed by atoms with Crippen LogP contribution in [0.15, 0.2) is 53.8 Å². The van der Waals surface area contributed by atoms with Crippen molar-refractivity contribution < 1.29 is 0 Å². The molecule has 1 aromatic carbocycles. The molecule has 3 aromatic heterocycles. The van der Waals surface area contributed by atoms with Crippen LogP contribution >= 0.6 is 0 Å². The summed E-state index contributed by atoms with van der Waals surface area (Å²) in [6.45, 7) is 9.03. The molecule has 0 unspecified atom stereocenters. The standard InChI is InChI=1S/C29H31N7/c1-19-26(21-6-7-24-20(17-21)9-14-34(24)3)36-25(8-13-32-36)28(33-19)35-15-10-29(11-16-35)18-23-22(27(29)30-2)5-4-12-31-23/h4-8,12-13,17,27H,2,9-11,14-16,18H2,1,3H3/t27-/m1/s1. The Labute approximate surface area is 211 Å². The minimum Gasteiger partial charge on any atom is -0.374 e. The van der Waals surface area contributed by atoms with Gasteiger partial charge in [0.25, 0.3) is 0 Å². The first-order chi connectivity index (χ1) is 17.6. The maximum absolute atomic E-state index is 5.18. The topological polar surface area (TPSA) is 61.9 Å². The van der Waals surface area contributed by atoms with E-state index in [0.29, 0.717) is 0 Å². The number of benzene rings is 1. The summed E-state index contributed by atoms with van der Waals surface area (Å²) in [5.74, 6) is 1.03. The normalized spacial score (nSPS) is 20.2. The van der Waals surface area contributed by atoms with E-state index in [4.69, 9.17) is 10.1 Å². The third-order valence-electron chi connectivity index (χ3n) is 8.74. The van der Waals surface area contributed by atoms with Crippen LogP contribution in [0.25, 0.3) is 16.8 Å². The first-order valence-electron chi connectivity index (χ1n) is 12.9. The van der Waals surface area contributed by atoms with Gasteiger partial charge in [0.1, 0.15) is 5.52 Å². The van der Waals surface area contributed by atoms with E-state index >= 15 is 0 Å². The van der Waals surface area contributed by atoms with Crippen LogP contribution in [0.2, 0.25) is 0 Å². The van der Waals surface area contributed by atoms with E-state index in [1.54, 1.807) is 0 Å². The highest BCUT2D eigenvalue weighted by Crippen LogP contribution is 2.53. The van der Waals surface area contributed by atoms with E-state index in [2.05, 4.69) is 75.3 Å². The van der Waals surface area contributed by atoms with Gasteiger partial charge in [-0.1, -0.05) is 12.1 Å². The van der Waals surface area contributed by atoms with E-state index in [0.717, 1.165) is 68.0 Å². The zero-order valence-corrected chi connectivity index (χ0v) is 21.0. The van der Waals surface area contributed by atoms with Crippen LogP contribution in [0.1, 0.15) is 41.4 Å². The maximum atomic E-state index is 5.18. The molecule has 1 atom stereocenters. The molecule has 36 heavy (non-hydrogen) atoms. The van der Waals surface area contributed by atoms with Gasteiger partial charge in [0.05, 0.1) is 23.6 Å². The predicted molar refractivity (Wildman–Crippen MR) is 144 cm³/mol. The molecule has 4 aromatic rings. The number of likely N-dealkylation sites (N-methyl/N-ethyl adjacent to an activating group) is 1. The van der Waals surface area contributed by atoms with Crippen molar-refractivity contribution in [1.82, 2.24) is 19.6 Å². The molecule has 0 radical (unpaired) electrons. The SMILES string of the molecule is C=N[C@@H]1c2cccnc2CC12CCN(c1nc(C)c(-c3ccc4c(c3)CCN4C)n3nccc13)CC2. The highest BCUT2D eigenvalue weighted by molar-refractivity contribution is 5.77. The van der Waals surface area contributed by atoms with Crippen LogP contribution in [-0.4, -0.2) is 53.0 Å². The van der Waals surface area contributed by atoms with E-state index in [1.807, 2.05) is 18.5 Å². The summed E-state index contributed by atoms with van der Waals surface area (Å²) < 4.78 is 2.09. The van der Waals surface area contributed by atoms with E-state index in [1.165, 1.54) is 28.1 Å². The predicted octanol–water partition coefficient (Wildman–Crippen LogP) is 4.68. The Morgan fingerprint density at radius 1 is 1.08 bits per heavy atom. The van der Waals surface area contributed by atoms with Gasteiger partial charge in [0, 0.05) is 55.2 Å². The molecule has 1 saturated heterocycles. The number of aromatic nitrogens is 4. The molecule has 7 nitrogen and oxygen atoms in total. The van der Waals surface area contributed by atoms with Crippen LogP contribution in [-0.2, 0) is 12.8 Å². The lowest BCUT2D eigenvalue weighted by atomic mass is 9.73. The summed E-state index contributed by atoms with van der Waals surface area (Å²) in [6, 6.07) is 13.2. The van der Waals surface area contributed by atoms with Crippen LogP contribution in [0.5, 0.6) is 0 Å². The minimum atomic E-state index is 0.109. The van der Waals surface area contributed by atoms with Gasteiger partial charge < -0.3 is 9.80 Å². The number of rotatable bonds is 3. The highest BCUT2D eigenvalue weighted by Gasteiger charge is 2.48. The summed E-state index contributed by atoms with van der Waals surface area (Å²) in [5, 5.41) is 4.75. The lowest BCUT2D eigenvalue weighted by Gasteiger charge is -2.42. The maximum Gasteiger partial charge on any atom is 0.155 e. The molecule has 3 aliphatic rings. The van der Waals surface area contributed by atoms with Crippen LogP contribution < -0.4 is 9.80 Å². The Morgan fingerprint density at radius 3 is 2.78 bits per heavy atom. The first-order valence-corrected chi connectivity index (χ1v) is 12.9. The second kappa shape index (κ2) is 7.88. The van der Waals surface area contributed by atoms with Gasteiger partial charge in [0.2, 0.25) is 0 Å². The Balaban J connectivity index is 1.21. The van der Waals surface area contributed by atoms with E-state index in [-0.39, 0.29) is 11.5 Å². The molecule has 1 aliphatic carbocycles. The smallest absolute Gasteiger partial charge is 0.155 e. The first kappa shape index (κ1) is 21.5. The molecule has 2 aliphatic heterocycles. The quantitative estimate of drug-likeness (QED) is 0.401. The molecule has 1 spiro atoms. The second-order valence-corrected chi connectivity index (χ2v) is 10.7. The molecule has 0 saturated carbocycles. The Hall–Kier alpha value is -3.74. The monoisotopic (exact) mass is 477 g/mol. The van der Waals surface area contributed by atoms with Gasteiger partial charge in [0.15, 0.2) is 5.82 Å². The van der Waals surface area contributed by atoms with Crippen molar-refractivity contribution in [3.63, 3.8) is 0 Å². The summed E-state index contributed by atoms with van der Waals surface area (Å²) in [5.41, 5.74) is 9.64. The van der Waals surface area contributed by atoms with Crippen molar-refractivity contribution in [1.29, 1.82) is 0 Å². The Bertz CT molecular complexity index is 1500. The van der Waals surface area contributed by atoms with Gasteiger partial charge >= 0.3 is 0 Å². The molecule has 7 heteroatoms. The zero-order valence-electron chi connectivity index (χ0n) is 21.0. The highest BCUT2D eigenvalue weighted by atomic mass is 15.3. The summed E-state index contributed by atoms with van der Waals surface area (Å²) in [4.78, 5) is 19.2. The molecule has 7 rings (SSSR count). The number of aliphatic imine (C=N–C) groups is 1. The van der Waals surface area contributed by atoms with Crippen LogP contribution in [0.3, 0.4) is 0 Å². The van der Waals surface area contributed by atoms with Crippen molar-refractivity contribution in [2.45, 2.75) is 38.6 Å². The number of anilines is 2. The second-order valence-electron chi connectivity index (χ2n) is 10.7. The minimum absolute atomic E-state index is 0.109. The van der Waals surface area contributed by atoms with Crippen molar-refractivity contribution in [3.8, 4) is 11.3 Å². The largest absolute Gasteiger partial charge is 0.374 e. The number of aryl methyl sites for hydroxylation is 1. The van der Waals surface area contributed by atoms with Crippen molar-refractivity contribution in [3.05, 3.63) is 71.3 Å². The summed E-state index contributed by atoms with van der Waals surface area (Å²) >= 11 is 0. The molecule has 0 bridgehead atoms. The Kier molecular flexibility index (Phi) is 4.72. The summed E-state index contributed by atoms with van der Waals surface area (Å²) in [6.07, 6.45) is 7.97. The molecule has 0 N–H and O–H groups in total. The molecule has 1 fully saturated rings. The van der Waals surface area contributed by atoms with Gasteiger partial charge in [-0.2, -0.15) is 5.10 Å². The fourth-order valence-electron chi connectivity index (χ4n) is 6.86. The number of hydrogen-bond donors (Lipinski definition) is 0. The molecule has 5 heterocycles. The molecule has 0 amide bonds.